The highest BCUT2D eigenvalue weighted by atomic mass is 32.2. The summed E-state index contributed by atoms with van der Waals surface area (Å²) in [6.07, 6.45) is 1.79. The smallest absolute Gasteiger partial charge is 0.271 e. The number of benzene rings is 2. The molecule has 118 valence electrons. The lowest BCUT2D eigenvalue weighted by molar-refractivity contribution is 0.475. The van der Waals surface area contributed by atoms with E-state index in [2.05, 4.69) is 9.24 Å². The third kappa shape index (κ3) is 5.41. The van der Waals surface area contributed by atoms with Gasteiger partial charge >= 0.3 is 0 Å². The molecule has 2 unspecified atom stereocenters. The molecule has 0 aliphatic heterocycles. The van der Waals surface area contributed by atoms with E-state index in [1.807, 2.05) is 54.6 Å². The second kappa shape index (κ2) is 7.73. The lowest BCUT2D eigenvalue weighted by Crippen LogP contribution is -2.13. The van der Waals surface area contributed by atoms with E-state index in [9.17, 15) is 8.42 Å². The summed E-state index contributed by atoms with van der Waals surface area (Å²) in [4.78, 5) is -0.809. The molecule has 2 rings (SSSR count). The van der Waals surface area contributed by atoms with E-state index < -0.39 is 15.1 Å². The summed E-state index contributed by atoms with van der Waals surface area (Å²) in [5.41, 5.74) is 1.07. The van der Waals surface area contributed by atoms with Gasteiger partial charge < -0.3 is 4.74 Å². The number of hydrogen-bond acceptors (Lipinski definition) is 3. The van der Waals surface area contributed by atoms with Crippen molar-refractivity contribution in [1.29, 1.82) is 0 Å². The summed E-state index contributed by atoms with van der Waals surface area (Å²) < 4.78 is 36.6. The highest BCUT2D eigenvalue weighted by molar-refractivity contribution is 7.90. The molecule has 2 atom stereocenters. The summed E-state index contributed by atoms with van der Waals surface area (Å²) in [6, 6.07) is 17.2. The topological polar surface area (TPSA) is 63.6 Å². The molecule has 0 fully saturated rings. The molecule has 2 aromatic rings. The first kappa shape index (κ1) is 16.9. The van der Waals surface area contributed by atoms with Crippen LogP contribution in [0, 0.1) is 0 Å². The molecule has 0 bridgehead atoms. The third-order valence-electron chi connectivity index (χ3n) is 3.21. The molecule has 0 heterocycles. The largest absolute Gasteiger partial charge is 0.457 e. The Hall–Kier alpha value is -1.42. The Balaban J connectivity index is 1.92. The van der Waals surface area contributed by atoms with Gasteiger partial charge in [-0.25, -0.2) is 0 Å². The highest BCUT2D eigenvalue weighted by Gasteiger charge is 2.16. The molecule has 4 nitrogen and oxygen atoms in total. The lowest BCUT2D eigenvalue weighted by atomic mass is 10.1. The normalized spacial score (nSPS) is 12.8. The zero-order chi connectivity index (χ0) is 16.0. The molecule has 0 saturated carbocycles. The number of para-hydroxylation sites is 1. The molecule has 0 spiro atoms. The first-order chi connectivity index (χ1) is 10.4. The van der Waals surface area contributed by atoms with Crippen molar-refractivity contribution >= 4 is 19.4 Å². The molecule has 0 aromatic heterocycles. The molecule has 0 aliphatic rings. The van der Waals surface area contributed by atoms with Crippen LogP contribution in [-0.4, -0.2) is 18.0 Å². The Kier molecular flexibility index (Phi) is 5.95. The molecule has 0 saturated heterocycles. The standard InChI is InChI=1S/C16H19O4PS/c17-22(18,19)16(21)11-5-7-13-6-4-10-15(12-13)20-14-8-2-1-3-9-14/h1-4,6,8-10,12,16H,5,7,11,21H2,(H,17,18,19). The van der Waals surface area contributed by atoms with Crippen molar-refractivity contribution in [1.82, 2.24) is 0 Å². The Morgan fingerprint density at radius 1 is 1.05 bits per heavy atom. The van der Waals surface area contributed by atoms with Crippen molar-refractivity contribution in [3.63, 3.8) is 0 Å². The lowest BCUT2D eigenvalue weighted by Gasteiger charge is -2.09. The minimum atomic E-state index is -3.97. The minimum absolute atomic E-state index is 0.396. The maximum atomic E-state index is 10.9. The van der Waals surface area contributed by atoms with Crippen molar-refractivity contribution in [2.45, 2.75) is 24.3 Å². The number of aryl methyl sites for hydroxylation is 1. The van der Waals surface area contributed by atoms with Gasteiger partial charge in [0.05, 0.1) is 0 Å². The van der Waals surface area contributed by atoms with Gasteiger partial charge in [0, 0.05) is 0 Å². The average Bonchev–Trinajstić information content (AvgIpc) is 2.47. The van der Waals surface area contributed by atoms with E-state index in [1.54, 1.807) is 0 Å². The van der Waals surface area contributed by atoms with Crippen LogP contribution in [0.5, 0.6) is 11.5 Å². The highest BCUT2D eigenvalue weighted by Crippen LogP contribution is 2.23. The second-order valence-corrected chi connectivity index (χ2v) is 7.93. The van der Waals surface area contributed by atoms with Gasteiger partial charge in [-0.15, -0.1) is 9.24 Å². The van der Waals surface area contributed by atoms with Crippen LogP contribution in [0.25, 0.3) is 0 Å². The number of hydrogen-bond donors (Lipinski definition) is 1. The van der Waals surface area contributed by atoms with Crippen LogP contribution in [0.1, 0.15) is 18.4 Å². The van der Waals surface area contributed by atoms with Gasteiger partial charge in [0.15, 0.2) is 0 Å². The zero-order valence-electron chi connectivity index (χ0n) is 12.1. The van der Waals surface area contributed by atoms with Crippen molar-refractivity contribution in [2.75, 3.05) is 0 Å². The molecule has 0 radical (unpaired) electrons. The average molecular weight is 338 g/mol. The van der Waals surface area contributed by atoms with Crippen LogP contribution in [-0.2, 0) is 16.5 Å². The fourth-order valence-electron chi connectivity index (χ4n) is 2.05. The summed E-state index contributed by atoms with van der Waals surface area (Å²) in [7, 11) is -1.81. The van der Waals surface area contributed by atoms with Gasteiger partial charge in [-0.05, 0) is 49.1 Å². The predicted octanol–water partition coefficient (Wildman–Crippen LogP) is 3.89. The summed E-state index contributed by atoms with van der Waals surface area (Å²) in [6.45, 7) is 0. The Labute approximate surface area is 133 Å². The molecular formula is C16H19O4PS. The van der Waals surface area contributed by atoms with Crippen LogP contribution in [0.15, 0.2) is 54.6 Å². The van der Waals surface area contributed by atoms with Crippen molar-refractivity contribution < 1.29 is 17.7 Å². The van der Waals surface area contributed by atoms with Crippen LogP contribution in [0.3, 0.4) is 0 Å². The molecule has 22 heavy (non-hydrogen) atoms. The SMILES string of the molecule is O=S(=O)(O)C(P)CCCc1cccc(Oc2ccccc2)c1. The van der Waals surface area contributed by atoms with Crippen molar-refractivity contribution in [3.05, 3.63) is 60.2 Å². The molecule has 2 aromatic carbocycles. The first-order valence-corrected chi connectivity index (χ1v) is 9.16. The van der Waals surface area contributed by atoms with E-state index >= 15 is 0 Å². The fourth-order valence-corrected chi connectivity index (χ4v) is 2.75. The maximum Gasteiger partial charge on any atom is 0.271 e. The first-order valence-electron chi connectivity index (χ1n) is 6.99. The summed E-state index contributed by atoms with van der Waals surface area (Å²) >= 11 is 0. The van der Waals surface area contributed by atoms with Crippen LogP contribution in [0.4, 0.5) is 0 Å². The van der Waals surface area contributed by atoms with E-state index in [4.69, 9.17) is 9.29 Å². The number of ether oxygens (including phenoxy) is 1. The third-order valence-corrected chi connectivity index (χ3v) is 5.58. The van der Waals surface area contributed by atoms with E-state index in [1.165, 1.54) is 0 Å². The quantitative estimate of drug-likeness (QED) is 0.614. The molecule has 0 amide bonds. The van der Waals surface area contributed by atoms with Gasteiger partial charge in [0.2, 0.25) is 0 Å². The van der Waals surface area contributed by atoms with E-state index in [-0.39, 0.29) is 0 Å². The molecular weight excluding hydrogens is 319 g/mol. The van der Waals surface area contributed by atoms with Crippen LogP contribution >= 0.6 is 9.24 Å². The van der Waals surface area contributed by atoms with E-state index in [0.29, 0.717) is 12.8 Å². The monoisotopic (exact) mass is 338 g/mol. The van der Waals surface area contributed by atoms with Crippen LogP contribution < -0.4 is 4.74 Å². The van der Waals surface area contributed by atoms with Crippen molar-refractivity contribution in [2.24, 2.45) is 0 Å². The summed E-state index contributed by atoms with van der Waals surface area (Å²) in [5, 5.41) is 0. The number of rotatable bonds is 7. The molecule has 6 heteroatoms. The van der Waals surface area contributed by atoms with Crippen LogP contribution in [0.2, 0.25) is 0 Å². The van der Waals surface area contributed by atoms with E-state index in [0.717, 1.165) is 23.5 Å². The zero-order valence-corrected chi connectivity index (χ0v) is 14.0. The Morgan fingerprint density at radius 3 is 2.41 bits per heavy atom. The minimum Gasteiger partial charge on any atom is -0.457 e. The van der Waals surface area contributed by atoms with Gasteiger partial charge in [0.1, 0.15) is 16.5 Å². The summed E-state index contributed by atoms with van der Waals surface area (Å²) in [5.74, 6) is 1.52. The predicted molar refractivity (Wildman–Crippen MR) is 90.9 cm³/mol. The molecule has 0 aliphatic carbocycles. The second-order valence-electron chi connectivity index (χ2n) is 5.01. The Morgan fingerprint density at radius 2 is 1.73 bits per heavy atom. The molecule has 1 N–H and O–H groups in total. The van der Waals surface area contributed by atoms with Gasteiger partial charge in [0.25, 0.3) is 10.1 Å². The van der Waals surface area contributed by atoms with Gasteiger partial charge in [-0.1, -0.05) is 30.3 Å². The van der Waals surface area contributed by atoms with Gasteiger partial charge in [-0.3, -0.25) is 4.55 Å². The Bertz CT molecular complexity index is 701. The van der Waals surface area contributed by atoms with Crippen molar-refractivity contribution in [3.8, 4) is 11.5 Å². The fraction of sp³-hybridized carbons (Fsp3) is 0.250. The maximum absolute atomic E-state index is 10.9. The van der Waals surface area contributed by atoms with Gasteiger partial charge in [-0.2, -0.15) is 8.42 Å².